The molecule has 0 saturated carbocycles. The number of aryl methyl sites for hydroxylation is 1. The summed E-state index contributed by atoms with van der Waals surface area (Å²) in [5.74, 6) is -1.49. The van der Waals surface area contributed by atoms with E-state index >= 15 is 0 Å². The number of carbonyl (C=O) groups excluding carboxylic acids is 3. The van der Waals surface area contributed by atoms with Gasteiger partial charge in [0.05, 0.1) is 17.1 Å². The van der Waals surface area contributed by atoms with Gasteiger partial charge in [-0.15, -0.1) is 0 Å². The van der Waals surface area contributed by atoms with Crippen molar-refractivity contribution in [3.05, 3.63) is 58.1 Å². The summed E-state index contributed by atoms with van der Waals surface area (Å²) in [6.45, 7) is 1.62. The van der Waals surface area contributed by atoms with Gasteiger partial charge in [0.1, 0.15) is 0 Å². The number of anilines is 2. The number of rotatable bonds is 8. The molecule has 8 heteroatoms. The lowest BCUT2D eigenvalue weighted by molar-refractivity contribution is -0.147. The Morgan fingerprint density at radius 1 is 0.929 bits per heavy atom. The van der Waals surface area contributed by atoms with Crippen LogP contribution in [0.1, 0.15) is 25.3 Å². The molecule has 6 nitrogen and oxygen atoms in total. The van der Waals surface area contributed by atoms with Gasteiger partial charge in [0.2, 0.25) is 5.91 Å². The van der Waals surface area contributed by atoms with E-state index in [1.165, 1.54) is 6.07 Å². The van der Waals surface area contributed by atoms with Crippen LogP contribution in [0.15, 0.2) is 42.5 Å². The van der Waals surface area contributed by atoms with Crippen molar-refractivity contribution in [2.24, 2.45) is 0 Å². The summed E-state index contributed by atoms with van der Waals surface area (Å²) in [5, 5.41) is 5.97. The fourth-order valence-electron chi connectivity index (χ4n) is 2.26. The van der Waals surface area contributed by atoms with Gasteiger partial charge < -0.3 is 15.4 Å². The molecule has 0 bridgehead atoms. The predicted molar refractivity (Wildman–Crippen MR) is 110 cm³/mol. The van der Waals surface area contributed by atoms with Gasteiger partial charge in [0.15, 0.2) is 6.61 Å². The maximum Gasteiger partial charge on any atom is 0.306 e. The topological polar surface area (TPSA) is 84.5 Å². The molecule has 0 spiro atoms. The molecule has 28 heavy (non-hydrogen) atoms. The van der Waals surface area contributed by atoms with E-state index in [1.54, 1.807) is 24.3 Å². The smallest absolute Gasteiger partial charge is 0.306 e. The van der Waals surface area contributed by atoms with Crippen molar-refractivity contribution < 1.29 is 19.1 Å². The van der Waals surface area contributed by atoms with Gasteiger partial charge >= 0.3 is 5.97 Å². The van der Waals surface area contributed by atoms with Crippen molar-refractivity contribution in [1.29, 1.82) is 0 Å². The Morgan fingerprint density at radius 2 is 1.64 bits per heavy atom. The third-order valence-corrected chi connectivity index (χ3v) is 4.32. The number of ether oxygens (including phenoxy) is 1. The fraction of sp³-hybridized carbons (Fsp3) is 0.250. The average Bonchev–Trinajstić information content (AvgIpc) is 2.67. The van der Waals surface area contributed by atoms with Crippen LogP contribution in [0.25, 0.3) is 0 Å². The molecule has 0 fully saturated rings. The van der Waals surface area contributed by atoms with E-state index in [4.69, 9.17) is 27.9 Å². The molecule has 0 aromatic heterocycles. The number of hydrogen-bond donors (Lipinski definition) is 2. The van der Waals surface area contributed by atoms with Crippen molar-refractivity contribution in [3.8, 4) is 0 Å². The maximum atomic E-state index is 11.9. The molecule has 0 aliphatic heterocycles. The summed E-state index contributed by atoms with van der Waals surface area (Å²) in [5.41, 5.74) is 2.18. The van der Waals surface area contributed by atoms with Crippen molar-refractivity contribution >= 4 is 52.4 Å². The molecule has 0 atom stereocenters. The highest BCUT2D eigenvalue weighted by atomic mass is 35.5. The zero-order chi connectivity index (χ0) is 20.5. The zero-order valence-electron chi connectivity index (χ0n) is 15.3. The van der Waals surface area contributed by atoms with Crippen LogP contribution in [0.4, 0.5) is 11.4 Å². The Morgan fingerprint density at radius 3 is 2.29 bits per heavy atom. The van der Waals surface area contributed by atoms with Crippen LogP contribution < -0.4 is 10.6 Å². The Balaban J connectivity index is 1.69. The van der Waals surface area contributed by atoms with Crippen LogP contribution in [0.3, 0.4) is 0 Å². The number of esters is 1. The Bertz CT molecular complexity index is 854. The lowest BCUT2D eigenvalue weighted by Crippen LogP contribution is -2.21. The molecule has 148 valence electrons. The molecule has 0 aliphatic carbocycles. The minimum Gasteiger partial charge on any atom is -0.456 e. The molecule has 2 rings (SSSR count). The minimum atomic E-state index is -0.645. The summed E-state index contributed by atoms with van der Waals surface area (Å²) < 4.78 is 4.89. The lowest BCUT2D eigenvalue weighted by atomic mass is 10.1. The molecule has 0 heterocycles. The summed E-state index contributed by atoms with van der Waals surface area (Å²) in [7, 11) is 0. The highest BCUT2D eigenvalue weighted by Crippen LogP contribution is 2.25. The van der Waals surface area contributed by atoms with Crippen molar-refractivity contribution in [2.75, 3.05) is 17.2 Å². The van der Waals surface area contributed by atoms with E-state index in [1.807, 2.05) is 19.1 Å². The minimum absolute atomic E-state index is 0.0993. The first-order valence-corrected chi connectivity index (χ1v) is 9.42. The first kappa shape index (κ1) is 21.7. The van der Waals surface area contributed by atoms with Gasteiger partial charge in [-0.2, -0.15) is 0 Å². The first-order valence-electron chi connectivity index (χ1n) is 8.66. The molecule has 2 aromatic carbocycles. The Labute approximate surface area is 173 Å². The molecular formula is C20H20Cl2N2O4. The monoisotopic (exact) mass is 422 g/mol. The van der Waals surface area contributed by atoms with Crippen LogP contribution in [0, 0.1) is 0 Å². The van der Waals surface area contributed by atoms with Gasteiger partial charge in [-0.25, -0.2) is 0 Å². The quantitative estimate of drug-likeness (QED) is 0.615. The van der Waals surface area contributed by atoms with E-state index in [9.17, 15) is 14.4 Å². The highest BCUT2D eigenvalue weighted by molar-refractivity contribution is 6.36. The fourth-order valence-corrected chi connectivity index (χ4v) is 2.71. The van der Waals surface area contributed by atoms with Crippen molar-refractivity contribution in [2.45, 2.75) is 26.2 Å². The van der Waals surface area contributed by atoms with E-state index < -0.39 is 24.4 Å². The predicted octanol–water partition coefficient (Wildman–Crippen LogP) is 4.46. The number of benzene rings is 2. The van der Waals surface area contributed by atoms with Gasteiger partial charge in [-0.05, 0) is 42.3 Å². The van der Waals surface area contributed by atoms with E-state index in [-0.39, 0.29) is 12.8 Å². The lowest BCUT2D eigenvalue weighted by Gasteiger charge is -2.08. The molecule has 2 amide bonds. The van der Waals surface area contributed by atoms with E-state index in [0.29, 0.717) is 21.4 Å². The first-order chi connectivity index (χ1) is 13.4. The molecule has 2 aromatic rings. The van der Waals surface area contributed by atoms with Crippen LogP contribution in [-0.4, -0.2) is 24.4 Å². The van der Waals surface area contributed by atoms with Crippen LogP contribution in [-0.2, 0) is 25.5 Å². The van der Waals surface area contributed by atoms with Crippen molar-refractivity contribution in [1.82, 2.24) is 0 Å². The van der Waals surface area contributed by atoms with Gasteiger partial charge in [0.25, 0.3) is 5.91 Å². The van der Waals surface area contributed by atoms with Crippen LogP contribution in [0.2, 0.25) is 10.0 Å². The maximum absolute atomic E-state index is 11.9. The Hall–Kier alpha value is -2.57. The molecule has 0 saturated heterocycles. The summed E-state index contributed by atoms with van der Waals surface area (Å²) in [6, 6.07) is 12.0. The normalized spacial score (nSPS) is 10.2. The summed E-state index contributed by atoms with van der Waals surface area (Å²) in [4.78, 5) is 35.4. The summed E-state index contributed by atoms with van der Waals surface area (Å²) in [6.07, 6.45) is 0.650. The number of amides is 2. The molecule has 0 unspecified atom stereocenters. The second kappa shape index (κ2) is 10.7. The van der Waals surface area contributed by atoms with E-state index in [0.717, 1.165) is 12.0 Å². The van der Waals surface area contributed by atoms with E-state index in [2.05, 4.69) is 10.6 Å². The molecular weight excluding hydrogens is 403 g/mol. The highest BCUT2D eigenvalue weighted by Gasteiger charge is 2.12. The number of carbonyl (C=O) groups is 3. The summed E-state index contributed by atoms with van der Waals surface area (Å²) >= 11 is 11.8. The number of hydrogen-bond acceptors (Lipinski definition) is 4. The largest absolute Gasteiger partial charge is 0.456 e. The Kier molecular flexibility index (Phi) is 8.29. The van der Waals surface area contributed by atoms with Crippen molar-refractivity contribution in [3.63, 3.8) is 0 Å². The van der Waals surface area contributed by atoms with Gasteiger partial charge in [0, 0.05) is 17.1 Å². The molecule has 0 aliphatic rings. The third kappa shape index (κ3) is 7.21. The average molecular weight is 423 g/mol. The molecule has 2 N–H and O–H groups in total. The number of halogens is 2. The third-order valence-electron chi connectivity index (χ3n) is 3.77. The molecule has 0 radical (unpaired) electrons. The SMILES string of the molecule is CCc1ccc(NC(=O)COC(=O)CCC(=O)Nc2ccc(Cl)cc2Cl)cc1. The second-order valence-electron chi connectivity index (χ2n) is 5.93. The standard InChI is InChI=1S/C20H20Cl2N2O4/c1-2-13-3-6-15(7-4-13)23-19(26)12-28-20(27)10-9-18(25)24-17-8-5-14(21)11-16(17)22/h3-8,11H,2,9-10,12H2,1H3,(H,23,26)(H,24,25). The van der Waals surface area contributed by atoms with Gasteiger partial charge in [-0.1, -0.05) is 42.3 Å². The zero-order valence-corrected chi connectivity index (χ0v) is 16.8. The second-order valence-corrected chi connectivity index (χ2v) is 6.78. The van der Waals surface area contributed by atoms with Crippen LogP contribution in [0.5, 0.6) is 0 Å². The van der Waals surface area contributed by atoms with Crippen LogP contribution >= 0.6 is 23.2 Å². The number of nitrogens with one attached hydrogen (secondary N) is 2. The van der Waals surface area contributed by atoms with Gasteiger partial charge in [-0.3, -0.25) is 14.4 Å².